The quantitative estimate of drug-likeness (QED) is 0.646. The van der Waals surface area contributed by atoms with Crippen molar-refractivity contribution in [3.8, 4) is 0 Å². The van der Waals surface area contributed by atoms with Gasteiger partial charge in [0.05, 0.1) is 6.61 Å². The molecule has 1 atom stereocenters. The molecule has 1 aliphatic rings. The highest BCUT2D eigenvalue weighted by Gasteiger charge is 2.14. The predicted molar refractivity (Wildman–Crippen MR) is 59.6 cm³/mol. The van der Waals surface area contributed by atoms with E-state index in [1.807, 2.05) is 0 Å². The maximum absolute atomic E-state index is 4.97. The molecule has 1 heterocycles. The number of hydrogen-bond acceptors (Lipinski definition) is 3. The number of hydrogen-bond donors (Lipinski definition) is 1. The van der Waals surface area contributed by atoms with E-state index in [0.29, 0.717) is 0 Å². The molecule has 0 spiro atoms. The molecule has 84 valence electrons. The number of methoxy groups -OCH3 is 1. The van der Waals surface area contributed by atoms with Crippen LogP contribution in [0.2, 0.25) is 0 Å². The van der Waals surface area contributed by atoms with Crippen LogP contribution in [-0.2, 0) is 4.74 Å². The third kappa shape index (κ3) is 4.94. The molecule has 0 aromatic rings. The molecule has 3 heteroatoms. The second kappa shape index (κ2) is 7.21. The number of nitrogens with zero attached hydrogens (tertiary/aromatic N) is 1. The van der Waals surface area contributed by atoms with Crippen LogP contribution in [0.3, 0.4) is 0 Å². The summed E-state index contributed by atoms with van der Waals surface area (Å²) in [5.74, 6) is 0.891. The first-order chi connectivity index (χ1) is 6.83. The highest BCUT2D eigenvalue weighted by molar-refractivity contribution is 4.70. The molecular weight excluding hydrogens is 176 g/mol. The summed E-state index contributed by atoms with van der Waals surface area (Å²) in [7, 11) is 1.74. The Morgan fingerprint density at radius 3 is 3.00 bits per heavy atom. The Balaban J connectivity index is 1.95. The minimum atomic E-state index is 0.816. The van der Waals surface area contributed by atoms with Crippen molar-refractivity contribution >= 4 is 0 Å². The van der Waals surface area contributed by atoms with Gasteiger partial charge >= 0.3 is 0 Å². The van der Waals surface area contributed by atoms with Crippen molar-refractivity contribution in [3.05, 3.63) is 0 Å². The average molecular weight is 200 g/mol. The first-order valence-electron chi connectivity index (χ1n) is 5.75. The fourth-order valence-corrected chi connectivity index (χ4v) is 2.03. The summed E-state index contributed by atoms with van der Waals surface area (Å²) >= 11 is 0. The molecule has 0 saturated carbocycles. The van der Waals surface area contributed by atoms with Gasteiger partial charge in [0.1, 0.15) is 0 Å². The molecule has 1 rings (SSSR count). The predicted octanol–water partition coefficient (Wildman–Crippen LogP) is 0.954. The molecule has 1 aliphatic heterocycles. The van der Waals surface area contributed by atoms with Gasteiger partial charge in [0, 0.05) is 33.3 Å². The molecule has 1 saturated heterocycles. The maximum atomic E-state index is 4.97. The molecule has 0 radical (unpaired) electrons. The lowest BCUT2D eigenvalue weighted by molar-refractivity contribution is 0.176. The van der Waals surface area contributed by atoms with Crippen molar-refractivity contribution < 1.29 is 4.74 Å². The SMILES string of the molecule is COCCNCCN1CCC[C@@H](C)C1. The van der Waals surface area contributed by atoms with Crippen molar-refractivity contribution in [2.75, 3.05) is 46.4 Å². The number of rotatable bonds is 6. The fraction of sp³-hybridized carbons (Fsp3) is 1.00. The number of piperidine rings is 1. The van der Waals surface area contributed by atoms with Gasteiger partial charge in [-0.25, -0.2) is 0 Å². The lowest BCUT2D eigenvalue weighted by Crippen LogP contribution is -2.39. The summed E-state index contributed by atoms with van der Waals surface area (Å²) in [5.41, 5.74) is 0. The smallest absolute Gasteiger partial charge is 0.0587 e. The maximum Gasteiger partial charge on any atom is 0.0587 e. The van der Waals surface area contributed by atoms with Crippen LogP contribution in [0.25, 0.3) is 0 Å². The molecule has 0 amide bonds. The summed E-state index contributed by atoms with van der Waals surface area (Å²) < 4.78 is 4.97. The van der Waals surface area contributed by atoms with Gasteiger partial charge in [0.2, 0.25) is 0 Å². The molecule has 1 N–H and O–H groups in total. The second-order valence-electron chi connectivity index (χ2n) is 4.29. The highest BCUT2D eigenvalue weighted by atomic mass is 16.5. The Labute approximate surface area is 87.8 Å². The van der Waals surface area contributed by atoms with E-state index in [1.54, 1.807) is 7.11 Å². The summed E-state index contributed by atoms with van der Waals surface area (Å²) in [5, 5.41) is 3.38. The van der Waals surface area contributed by atoms with Gasteiger partial charge in [-0.3, -0.25) is 0 Å². The summed E-state index contributed by atoms with van der Waals surface area (Å²) in [4.78, 5) is 2.56. The van der Waals surface area contributed by atoms with Crippen molar-refractivity contribution in [2.45, 2.75) is 19.8 Å². The Morgan fingerprint density at radius 2 is 2.29 bits per heavy atom. The van der Waals surface area contributed by atoms with E-state index in [9.17, 15) is 0 Å². The second-order valence-corrected chi connectivity index (χ2v) is 4.29. The van der Waals surface area contributed by atoms with Crippen LogP contribution in [0.4, 0.5) is 0 Å². The van der Waals surface area contributed by atoms with E-state index in [1.165, 1.54) is 32.5 Å². The third-order valence-corrected chi connectivity index (χ3v) is 2.83. The third-order valence-electron chi connectivity index (χ3n) is 2.83. The lowest BCUT2D eigenvalue weighted by atomic mass is 10.0. The number of ether oxygens (including phenoxy) is 1. The van der Waals surface area contributed by atoms with Crippen LogP contribution in [0.15, 0.2) is 0 Å². The molecular formula is C11H24N2O. The zero-order valence-corrected chi connectivity index (χ0v) is 9.59. The lowest BCUT2D eigenvalue weighted by Gasteiger charge is -2.30. The highest BCUT2D eigenvalue weighted by Crippen LogP contribution is 2.14. The normalized spacial score (nSPS) is 24.0. The Hall–Kier alpha value is -0.120. The monoisotopic (exact) mass is 200 g/mol. The van der Waals surface area contributed by atoms with Crippen LogP contribution in [0.1, 0.15) is 19.8 Å². The number of nitrogens with one attached hydrogen (secondary N) is 1. The first-order valence-corrected chi connectivity index (χ1v) is 5.75. The minimum absolute atomic E-state index is 0.816. The molecule has 0 unspecified atom stereocenters. The van der Waals surface area contributed by atoms with E-state index < -0.39 is 0 Å². The van der Waals surface area contributed by atoms with Gasteiger partial charge in [0.15, 0.2) is 0 Å². The standard InChI is InChI=1S/C11H24N2O/c1-11-4-3-7-13(10-11)8-5-12-6-9-14-2/h11-12H,3-10H2,1-2H3/t11-/m1/s1. The Morgan fingerprint density at radius 1 is 1.43 bits per heavy atom. The molecule has 1 fully saturated rings. The Kier molecular flexibility index (Phi) is 6.15. The molecule has 0 bridgehead atoms. The van der Waals surface area contributed by atoms with Gasteiger partial charge in [-0.05, 0) is 25.3 Å². The van der Waals surface area contributed by atoms with Gasteiger partial charge in [-0.15, -0.1) is 0 Å². The Bertz CT molecular complexity index is 141. The summed E-state index contributed by atoms with van der Waals surface area (Å²) in [6.45, 7) is 8.99. The van der Waals surface area contributed by atoms with E-state index >= 15 is 0 Å². The van der Waals surface area contributed by atoms with Crippen LogP contribution >= 0.6 is 0 Å². The van der Waals surface area contributed by atoms with Gasteiger partial charge < -0.3 is 15.0 Å². The fourth-order valence-electron chi connectivity index (χ4n) is 2.03. The first kappa shape index (κ1) is 12.0. The van der Waals surface area contributed by atoms with E-state index in [4.69, 9.17) is 4.74 Å². The van der Waals surface area contributed by atoms with E-state index in [0.717, 1.165) is 25.6 Å². The van der Waals surface area contributed by atoms with Crippen molar-refractivity contribution in [1.82, 2.24) is 10.2 Å². The number of likely N-dealkylation sites (tertiary alicyclic amines) is 1. The average Bonchev–Trinajstić information content (AvgIpc) is 2.18. The zero-order valence-electron chi connectivity index (χ0n) is 9.59. The zero-order chi connectivity index (χ0) is 10.2. The minimum Gasteiger partial charge on any atom is -0.383 e. The molecule has 0 aliphatic carbocycles. The topological polar surface area (TPSA) is 24.5 Å². The largest absolute Gasteiger partial charge is 0.383 e. The van der Waals surface area contributed by atoms with Gasteiger partial charge in [0.25, 0.3) is 0 Å². The van der Waals surface area contributed by atoms with Crippen molar-refractivity contribution in [3.63, 3.8) is 0 Å². The molecule has 14 heavy (non-hydrogen) atoms. The van der Waals surface area contributed by atoms with Gasteiger partial charge in [-0.2, -0.15) is 0 Å². The van der Waals surface area contributed by atoms with Gasteiger partial charge in [-0.1, -0.05) is 6.92 Å². The molecule has 0 aromatic carbocycles. The summed E-state index contributed by atoms with van der Waals surface area (Å²) in [6.07, 6.45) is 2.78. The van der Waals surface area contributed by atoms with Crippen LogP contribution in [0.5, 0.6) is 0 Å². The van der Waals surface area contributed by atoms with Crippen LogP contribution in [-0.4, -0.2) is 51.3 Å². The summed E-state index contributed by atoms with van der Waals surface area (Å²) in [6, 6.07) is 0. The van der Waals surface area contributed by atoms with Crippen molar-refractivity contribution in [1.29, 1.82) is 0 Å². The van der Waals surface area contributed by atoms with Crippen molar-refractivity contribution in [2.24, 2.45) is 5.92 Å². The van der Waals surface area contributed by atoms with Crippen LogP contribution < -0.4 is 5.32 Å². The molecule has 0 aromatic heterocycles. The van der Waals surface area contributed by atoms with E-state index in [-0.39, 0.29) is 0 Å². The van der Waals surface area contributed by atoms with E-state index in [2.05, 4.69) is 17.1 Å². The van der Waals surface area contributed by atoms with Crippen LogP contribution in [0, 0.1) is 5.92 Å². The molecule has 3 nitrogen and oxygen atoms in total.